The Labute approximate surface area is 104 Å². The van der Waals surface area contributed by atoms with Gasteiger partial charge in [-0.3, -0.25) is 0 Å². The molecule has 3 heteroatoms. The number of ether oxygens (including phenoxy) is 1. The number of hydrogen-bond donors (Lipinski definition) is 0. The SMILES string of the molecule is CCCC(=CC(=O)OC)c1ccc(Br)cc1. The second-order valence-electron chi connectivity index (χ2n) is 3.45. The first-order chi connectivity index (χ1) is 7.67. The van der Waals surface area contributed by atoms with Crippen molar-refractivity contribution < 1.29 is 9.53 Å². The summed E-state index contributed by atoms with van der Waals surface area (Å²) in [5.41, 5.74) is 2.08. The van der Waals surface area contributed by atoms with Gasteiger partial charge in [0.25, 0.3) is 0 Å². The predicted octanol–water partition coefficient (Wildman–Crippen LogP) is 3.81. The highest BCUT2D eigenvalue weighted by molar-refractivity contribution is 9.10. The first-order valence-electron chi connectivity index (χ1n) is 5.21. The van der Waals surface area contributed by atoms with Crippen LogP contribution in [-0.4, -0.2) is 13.1 Å². The van der Waals surface area contributed by atoms with Crippen LogP contribution in [0, 0.1) is 0 Å². The van der Waals surface area contributed by atoms with E-state index in [1.54, 1.807) is 6.08 Å². The van der Waals surface area contributed by atoms with E-state index in [-0.39, 0.29) is 5.97 Å². The molecule has 0 radical (unpaired) electrons. The molecule has 0 saturated carbocycles. The third kappa shape index (κ3) is 3.81. The number of benzene rings is 1. The molecule has 0 bridgehead atoms. The van der Waals surface area contributed by atoms with Gasteiger partial charge in [0.15, 0.2) is 0 Å². The van der Waals surface area contributed by atoms with Crippen molar-refractivity contribution >= 4 is 27.5 Å². The molecule has 1 rings (SSSR count). The number of esters is 1. The molecule has 0 aliphatic heterocycles. The van der Waals surface area contributed by atoms with Gasteiger partial charge in [0.2, 0.25) is 0 Å². The fraction of sp³-hybridized carbons (Fsp3) is 0.308. The molecule has 0 unspecified atom stereocenters. The Kier molecular flexibility index (Phi) is 5.26. The van der Waals surface area contributed by atoms with Crippen LogP contribution in [0.1, 0.15) is 25.3 Å². The molecule has 1 aromatic rings. The topological polar surface area (TPSA) is 26.3 Å². The summed E-state index contributed by atoms with van der Waals surface area (Å²) in [5.74, 6) is -0.300. The van der Waals surface area contributed by atoms with Gasteiger partial charge in [0.1, 0.15) is 0 Å². The van der Waals surface area contributed by atoms with E-state index in [4.69, 9.17) is 0 Å². The Balaban J connectivity index is 2.97. The van der Waals surface area contributed by atoms with Gasteiger partial charge in [-0.15, -0.1) is 0 Å². The summed E-state index contributed by atoms with van der Waals surface area (Å²) >= 11 is 3.39. The average Bonchev–Trinajstić information content (AvgIpc) is 2.29. The van der Waals surface area contributed by atoms with Crippen molar-refractivity contribution in [2.24, 2.45) is 0 Å². The fourth-order valence-corrected chi connectivity index (χ4v) is 1.70. The molecule has 0 aromatic heterocycles. The van der Waals surface area contributed by atoms with E-state index in [9.17, 15) is 4.79 Å². The lowest BCUT2D eigenvalue weighted by Gasteiger charge is -2.06. The Hall–Kier alpha value is -1.09. The second-order valence-corrected chi connectivity index (χ2v) is 4.37. The summed E-state index contributed by atoms with van der Waals surface area (Å²) in [6.45, 7) is 2.09. The van der Waals surface area contributed by atoms with E-state index in [0.29, 0.717) is 0 Å². The van der Waals surface area contributed by atoms with Crippen LogP contribution in [0.15, 0.2) is 34.8 Å². The molecule has 16 heavy (non-hydrogen) atoms. The number of rotatable bonds is 4. The lowest BCUT2D eigenvalue weighted by molar-refractivity contribution is -0.134. The Morgan fingerprint density at radius 1 is 1.38 bits per heavy atom. The lowest BCUT2D eigenvalue weighted by Crippen LogP contribution is -1.97. The van der Waals surface area contributed by atoms with Crippen LogP contribution in [0.4, 0.5) is 0 Å². The first kappa shape index (κ1) is 13.0. The van der Waals surface area contributed by atoms with E-state index in [2.05, 4.69) is 27.6 Å². The van der Waals surface area contributed by atoms with Crippen LogP contribution < -0.4 is 0 Å². The largest absolute Gasteiger partial charge is 0.466 e. The molecule has 2 nitrogen and oxygen atoms in total. The minimum Gasteiger partial charge on any atom is -0.466 e. The summed E-state index contributed by atoms with van der Waals surface area (Å²) in [6.07, 6.45) is 3.43. The van der Waals surface area contributed by atoms with Gasteiger partial charge in [0.05, 0.1) is 7.11 Å². The predicted molar refractivity (Wildman–Crippen MR) is 69.0 cm³/mol. The highest BCUT2D eigenvalue weighted by Crippen LogP contribution is 2.22. The molecule has 0 heterocycles. The minimum absolute atomic E-state index is 0.300. The molecule has 86 valence electrons. The summed E-state index contributed by atoms with van der Waals surface area (Å²) in [7, 11) is 1.39. The third-order valence-corrected chi connectivity index (χ3v) is 2.76. The van der Waals surface area contributed by atoms with Gasteiger partial charge in [-0.05, 0) is 29.7 Å². The molecule has 0 spiro atoms. The summed E-state index contributed by atoms with van der Waals surface area (Å²) in [5, 5.41) is 0. The molecule has 0 atom stereocenters. The fourth-order valence-electron chi connectivity index (χ4n) is 1.43. The van der Waals surface area contributed by atoms with Crippen LogP contribution >= 0.6 is 15.9 Å². The highest BCUT2D eigenvalue weighted by Gasteiger charge is 2.04. The molecule has 0 N–H and O–H groups in total. The van der Waals surface area contributed by atoms with Crippen LogP contribution in [-0.2, 0) is 9.53 Å². The van der Waals surface area contributed by atoms with Crippen molar-refractivity contribution in [1.29, 1.82) is 0 Å². The molecular weight excluding hydrogens is 268 g/mol. The molecule has 0 fully saturated rings. The summed E-state index contributed by atoms with van der Waals surface area (Å²) < 4.78 is 5.68. The van der Waals surface area contributed by atoms with Crippen molar-refractivity contribution in [3.63, 3.8) is 0 Å². The molecular formula is C13H15BrO2. The van der Waals surface area contributed by atoms with Crippen molar-refractivity contribution in [1.82, 2.24) is 0 Å². The molecule has 0 aliphatic carbocycles. The second kappa shape index (κ2) is 6.48. The zero-order chi connectivity index (χ0) is 12.0. The summed E-state index contributed by atoms with van der Waals surface area (Å²) in [6, 6.07) is 7.93. The van der Waals surface area contributed by atoms with E-state index in [1.807, 2.05) is 24.3 Å². The van der Waals surface area contributed by atoms with Gasteiger partial charge in [0, 0.05) is 10.5 Å². The van der Waals surface area contributed by atoms with E-state index in [1.165, 1.54) is 7.11 Å². The Morgan fingerprint density at radius 2 is 2.00 bits per heavy atom. The van der Waals surface area contributed by atoms with Crippen molar-refractivity contribution in [3.8, 4) is 0 Å². The quantitative estimate of drug-likeness (QED) is 0.620. The summed E-state index contributed by atoms with van der Waals surface area (Å²) in [4.78, 5) is 11.2. The van der Waals surface area contributed by atoms with Crippen LogP contribution in [0.2, 0.25) is 0 Å². The maximum absolute atomic E-state index is 11.2. The average molecular weight is 283 g/mol. The van der Waals surface area contributed by atoms with Gasteiger partial charge in [-0.25, -0.2) is 4.79 Å². The Morgan fingerprint density at radius 3 is 2.50 bits per heavy atom. The van der Waals surface area contributed by atoms with Crippen LogP contribution in [0.5, 0.6) is 0 Å². The standard InChI is InChI=1S/C13H15BrO2/c1-3-4-11(9-13(15)16-2)10-5-7-12(14)8-6-10/h5-9H,3-4H2,1-2H3. The number of hydrogen-bond acceptors (Lipinski definition) is 2. The molecule has 1 aromatic carbocycles. The maximum atomic E-state index is 11.2. The van der Waals surface area contributed by atoms with Gasteiger partial charge < -0.3 is 4.74 Å². The lowest BCUT2D eigenvalue weighted by atomic mass is 10.0. The number of halogens is 1. The smallest absolute Gasteiger partial charge is 0.330 e. The Bertz CT molecular complexity index is 379. The maximum Gasteiger partial charge on any atom is 0.330 e. The zero-order valence-corrected chi connectivity index (χ0v) is 11.1. The highest BCUT2D eigenvalue weighted by atomic mass is 79.9. The monoisotopic (exact) mass is 282 g/mol. The number of carbonyl (C=O) groups is 1. The normalized spacial score (nSPS) is 11.3. The van der Waals surface area contributed by atoms with Crippen molar-refractivity contribution in [2.75, 3.05) is 7.11 Å². The molecule has 0 aliphatic rings. The number of methoxy groups -OCH3 is 1. The van der Waals surface area contributed by atoms with Gasteiger partial charge >= 0.3 is 5.97 Å². The number of allylic oxidation sites excluding steroid dienone is 1. The van der Waals surface area contributed by atoms with Crippen molar-refractivity contribution in [3.05, 3.63) is 40.4 Å². The number of carbonyl (C=O) groups excluding carboxylic acids is 1. The van der Waals surface area contributed by atoms with E-state index in [0.717, 1.165) is 28.5 Å². The minimum atomic E-state index is -0.300. The van der Waals surface area contributed by atoms with Crippen LogP contribution in [0.25, 0.3) is 5.57 Å². The van der Waals surface area contributed by atoms with E-state index >= 15 is 0 Å². The zero-order valence-electron chi connectivity index (χ0n) is 9.50. The van der Waals surface area contributed by atoms with Gasteiger partial charge in [-0.1, -0.05) is 41.4 Å². The third-order valence-electron chi connectivity index (χ3n) is 2.23. The van der Waals surface area contributed by atoms with Crippen molar-refractivity contribution in [2.45, 2.75) is 19.8 Å². The van der Waals surface area contributed by atoms with E-state index < -0.39 is 0 Å². The van der Waals surface area contributed by atoms with Gasteiger partial charge in [-0.2, -0.15) is 0 Å². The molecule has 0 saturated heterocycles. The first-order valence-corrected chi connectivity index (χ1v) is 6.01. The van der Waals surface area contributed by atoms with Crippen LogP contribution in [0.3, 0.4) is 0 Å². The molecule has 0 amide bonds.